The number of fused-ring (bicyclic) bond motifs is 2. The van der Waals surface area contributed by atoms with Crippen LogP contribution in [0.2, 0.25) is 0 Å². The average Bonchev–Trinajstić information content (AvgIpc) is 3.12. The van der Waals surface area contributed by atoms with Crippen LogP contribution in [0.15, 0.2) is 72.8 Å². The van der Waals surface area contributed by atoms with Gasteiger partial charge in [-0.1, -0.05) is 24.3 Å². The van der Waals surface area contributed by atoms with E-state index >= 15 is 0 Å². The third-order valence-corrected chi connectivity index (χ3v) is 9.78. The molecule has 0 amide bonds. The molecule has 2 aliphatic heterocycles. The summed E-state index contributed by atoms with van der Waals surface area (Å²) in [5.41, 5.74) is 7.79. The molecule has 250 valence electrons. The lowest BCUT2D eigenvalue weighted by Crippen LogP contribution is -2.31. The summed E-state index contributed by atoms with van der Waals surface area (Å²) in [5, 5.41) is 3.61. The minimum Gasteiger partial charge on any atom is -0.497 e. The molecule has 4 aromatic carbocycles. The summed E-state index contributed by atoms with van der Waals surface area (Å²) in [7, 11) is 10.1. The Morgan fingerprint density at radius 2 is 1.06 bits per heavy atom. The molecule has 0 saturated heterocycles. The van der Waals surface area contributed by atoms with Crippen molar-refractivity contribution in [2.45, 2.75) is 37.8 Å². The van der Waals surface area contributed by atoms with Crippen LogP contribution in [0.1, 0.15) is 45.5 Å². The molecular weight excluding hydrogens is 660 g/mol. The zero-order valence-electron chi connectivity index (χ0n) is 28.1. The Labute approximate surface area is 287 Å². The van der Waals surface area contributed by atoms with Gasteiger partial charge >= 0.3 is 0 Å². The summed E-state index contributed by atoms with van der Waals surface area (Å²) in [5.74, 6) is 4.93. The Bertz CT molecular complexity index is 1610. The molecule has 2 heterocycles. The molecule has 4 aromatic rings. The van der Waals surface area contributed by atoms with Crippen molar-refractivity contribution in [1.29, 1.82) is 0 Å². The van der Waals surface area contributed by atoms with Crippen LogP contribution in [0.25, 0.3) is 0 Å². The van der Waals surface area contributed by atoms with Gasteiger partial charge in [0.2, 0.25) is 0 Å². The second-order valence-electron chi connectivity index (χ2n) is 11.6. The fourth-order valence-electron chi connectivity index (χ4n) is 6.34. The van der Waals surface area contributed by atoms with Gasteiger partial charge < -0.3 is 33.7 Å². The van der Waals surface area contributed by atoms with Crippen molar-refractivity contribution in [3.8, 4) is 34.5 Å². The fraction of sp³-hybridized carbons (Fsp3) is 0.368. The van der Waals surface area contributed by atoms with Gasteiger partial charge in [0.15, 0.2) is 23.0 Å². The molecule has 47 heavy (non-hydrogen) atoms. The van der Waals surface area contributed by atoms with Gasteiger partial charge in [-0.3, -0.25) is 0 Å². The summed E-state index contributed by atoms with van der Waals surface area (Å²) in [6, 6.07) is 25.5. The largest absolute Gasteiger partial charge is 0.497 e. The van der Waals surface area contributed by atoms with Gasteiger partial charge in [0.25, 0.3) is 0 Å². The Kier molecular flexibility index (Phi) is 11.9. The fourth-order valence-corrected chi connectivity index (χ4v) is 6.88. The molecule has 9 heteroatoms. The minimum absolute atomic E-state index is 0.252. The van der Waals surface area contributed by atoms with E-state index in [2.05, 4.69) is 73.9 Å². The van der Waals surface area contributed by atoms with E-state index in [1.54, 1.807) is 42.7 Å². The molecule has 0 saturated carbocycles. The Morgan fingerprint density at radius 1 is 0.596 bits per heavy atom. The summed E-state index contributed by atoms with van der Waals surface area (Å²) in [4.78, 5) is 0. The first-order valence-corrected chi connectivity index (χ1v) is 16.5. The van der Waals surface area contributed by atoms with Crippen molar-refractivity contribution in [3.05, 3.63) is 106 Å². The van der Waals surface area contributed by atoms with Gasteiger partial charge in [-0.05, 0) is 114 Å². The number of benzene rings is 4. The van der Waals surface area contributed by atoms with Crippen LogP contribution in [0.3, 0.4) is 0 Å². The standard InChI is InChI=1S/C19H22BrNO3.C19H23NO3/c1-22-15-6-4-13(5-7-15)10-17-16-12-19(24-3)18(23-2)11-14(16)8-9-21(17)20;1-21-15-6-4-13(5-7-15)10-17-16-12-19(23-3)18(22-2)11-14(16)8-9-20-17/h4-7,11-12,17H,8-10H2,1-3H3;4-7,11-12,17,20H,8-10H2,1-3H3/t2*17-/m11/s1. The predicted octanol–water partition coefficient (Wildman–Crippen LogP) is 7.31. The molecule has 0 bridgehead atoms. The Hall–Kier alpha value is -3.92. The first-order chi connectivity index (χ1) is 22.9. The number of hydrogen-bond donors (Lipinski definition) is 1. The monoisotopic (exact) mass is 704 g/mol. The number of halogens is 1. The zero-order chi connectivity index (χ0) is 33.3. The van der Waals surface area contributed by atoms with E-state index in [9.17, 15) is 0 Å². The molecule has 8 nitrogen and oxygen atoms in total. The van der Waals surface area contributed by atoms with Crippen LogP contribution >= 0.6 is 16.1 Å². The van der Waals surface area contributed by atoms with Gasteiger partial charge in [-0.15, -0.1) is 0 Å². The summed E-state index contributed by atoms with van der Waals surface area (Å²) in [6.45, 7) is 1.94. The van der Waals surface area contributed by atoms with E-state index < -0.39 is 0 Å². The van der Waals surface area contributed by atoms with Crippen LogP contribution in [0.5, 0.6) is 34.5 Å². The first kappa shape index (κ1) is 34.4. The molecule has 0 aromatic heterocycles. The molecule has 0 unspecified atom stereocenters. The average molecular weight is 706 g/mol. The highest BCUT2D eigenvalue weighted by Crippen LogP contribution is 2.41. The van der Waals surface area contributed by atoms with E-state index in [0.717, 1.165) is 73.3 Å². The highest BCUT2D eigenvalue weighted by atomic mass is 79.9. The van der Waals surface area contributed by atoms with Crippen LogP contribution in [0.4, 0.5) is 0 Å². The van der Waals surface area contributed by atoms with Gasteiger partial charge in [0, 0.05) is 34.8 Å². The number of nitrogens with one attached hydrogen (secondary N) is 1. The SMILES string of the molecule is COc1ccc(C[C@@H]2c3cc(OC)c(OC)cc3CCN2Br)cc1.COc1ccc(C[C@H]2NCCc3cc(OC)c(OC)cc32)cc1. The van der Waals surface area contributed by atoms with Crippen LogP contribution < -0.4 is 33.7 Å². The lowest BCUT2D eigenvalue weighted by Gasteiger charge is -2.33. The van der Waals surface area contributed by atoms with Crippen LogP contribution in [0, 0.1) is 0 Å². The number of ether oxygens (including phenoxy) is 6. The van der Waals surface area contributed by atoms with Crippen molar-refractivity contribution in [3.63, 3.8) is 0 Å². The van der Waals surface area contributed by atoms with Crippen molar-refractivity contribution < 1.29 is 28.4 Å². The van der Waals surface area contributed by atoms with Gasteiger partial charge in [0.1, 0.15) is 11.5 Å². The minimum atomic E-state index is 0.252. The highest BCUT2D eigenvalue weighted by Gasteiger charge is 2.28. The summed E-state index contributed by atoms with van der Waals surface area (Å²) >= 11 is 3.73. The molecule has 2 aliphatic rings. The van der Waals surface area contributed by atoms with Crippen molar-refractivity contribution in [2.75, 3.05) is 55.7 Å². The molecule has 0 aliphatic carbocycles. The van der Waals surface area contributed by atoms with Gasteiger partial charge in [-0.25, -0.2) is 3.93 Å². The summed E-state index contributed by atoms with van der Waals surface area (Å²) in [6.07, 6.45) is 3.85. The molecule has 0 fully saturated rings. The molecule has 0 radical (unpaired) electrons. The number of hydrogen-bond acceptors (Lipinski definition) is 8. The summed E-state index contributed by atoms with van der Waals surface area (Å²) < 4.78 is 34.5. The van der Waals surface area contributed by atoms with Gasteiger partial charge in [0.05, 0.1) is 42.7 Å². The van der Waals surface area contributed by atoms with E-state index in [0.29, 0.717) is 0 Å². The van der Waals surface area contributed by atoms with Crippen LogP contribution in [-0.2, 0) is 25.7 Å². The quantitative estimate of drug-likeness (QED) is 0.173. The molecule has 6 rings (SSSR count). The lowest BCUT2D eigenvalue weighted by molar-refractivity contribution is 0.334. The van der Waals surface area contributed by atoms with Gasteiger partial charge in [-0.2, -0.15) is 0 Å². The number of methoxy groups -OCH3 is 6. The predicted molar refractivity (Wildman–Crippen MR) is 189 cm³/mol. The number of rotatable bonds is 10. The second kappa shape index (κ2) is 16.3. The topological polar surface area (TPSA) is 70.7 Å². The third kappa shape index (κ3) is 8.15. The van der Waals surface area contributed by atoms with Crippen molar-refractivity contribution in [2.24, 2.45) is 0 Å². The lowest BCUT2D eigenvalue weighted by atomic mass is 9.90. The molecule has 1 N–H and O–H groups in total. The third-order valence-electron chi connectivity index (χ3n) is 8.93. The smallest absolute Gasteiger partial charge is 0.161 e. The molecule has 2 atom stereocenters. The van der Waals surface area contributed by atoms with E-state index in [1.165, 1.54) is 33.4 Å². The number of nitrogens with zero attached hydrogens (tertiary/aromatic N) is 1. The highest BCUT2D eigenvalue weighted by molar-refractivity contribution is 9.07. The Morgan fingerprint density at radius 3 is 1.57 bits per heavy atom. The first-order valence-electron chi connectivity index (χ1n) is 15.8. The normalized spacial score (nSPS) is 16.9. The van der Waals surface area contributed by atoms with Crippen LogP contribution in [-0.4, -0.2) is 59.7 Å². The van der Waals surface area contributed by atoms with Crippen molar-refractivity contribution in [1.82, 2.24) is 9.24 Å². The maximum Gasteiger partial charge on any atom is 0.161 e. The maximum absolute atomic E-state index is 5.49. The van der Waals surface area contributed by atoms with E-state index in [4.69, 9.17) is 28.4 Å². The van der Waals surface area contributed by atoms with Crippen molar-refractivity contribution >= 4 is 16.1 Å². The van der Waals surface area contributed by atoms with E-state index in [1.807, 2.05) is 24.3 Å². The Balaban J connectivity index is 0.000000185. The maximum atomic E-state index is 5.49. The second-order valence-corrected chi connectivity index (χ2v) is 12.5. The molecule has 0 spiro atoms. The molecular formula is C38H45BrN2O6. The van der Waals surface area contributed by atoms with E-state index in [-0.39, 0.29) is 12.1 Å². The zero-order valence-corrected chi connectivity index (χ0v) is 29.7.